The standard InChI is InChI=1S/C13H18N2O2/c14-12(13(16)17)9-15(11-6-7-11)8-10-4-2-1-3-5-10/h1-5,11-12H,6-9,14H2,(H,16,17). The normalized spacial score (nSPS) is 17.1. The molecule has 1 fully saturated rings. The van der Waals surface area contributed by atoms with Crippen molar-refractivity contribution in [2.24, 2.45) is 5.73 Å². The van der Waals surface area contributed by atoms with Crippen molar-refractivity contribution in [3.63, 3.8) is 0 Å². The molecule has 1 aromatic carbocycles. The first-order valence-electron chi connectivity index (χ1n) is 5.93. The molecular formula is C13H18N2O2. The van der Waals surface area contributed by atoms with Gasteiger partial charge in [0.05, 0.1) is 0 Å². The van der Waals surface area contributed by atoms with Gasteiger partial charge in [-0.15, -0.1) is 0 Å². The lowest BCUT2D eigenvalue weighted by Gasteiger charge is -2.23. The lowest BCUT2D eigenvalue weighted by Crippen LogP contribution is -2.43. The summed E-state index contributed by atoms with van der Waals surface area (Å²) in [6.07, 6.45) is 2.30. The van der Waals surface area contributed by atoms with Gasteiger partial charge in [0.25, 0.3) is 0 Å². The zero-order valence-corrected chi connectivity index (χ0v) is 9.75. The average molecular weight is 234 g/mol. The second kappa shape index (κ2) is 5.29. The van der Waals surface area contributed by atoms with Gasteiger partial charge in [-0.1, -0.05) is 30.3 Å². The van der Waals surface area contributed by atoms with Gasteiger partial charge < -0.3 is 10.8 Å². The number of nitrogens with zero attached hydrogens (tertiary/aromatic N) is 1. The van der Waals surface area contributed by atoms with Crippen LogP contribution < -0.4 is 5.73 Å². The first kappa shape index (κ1) is 12.1. The van der Waals surface area contributed by atoms with Gasteiger partial charge in [-0.25, -0.2) is 0 Å². The van der Waals surface area contributed by atoms with Crippen LogP contribution in [0.25, 0.3) is 0 Å². The predicted molar refractivity (Wildman–Crippen MR) is 65.5 cm³/mol. The van der Waals surface area contributed by atoms with Crippen LogP contribution in [0.1, 0.15) is 18.4 Å². The highest BCUT2D eigenvalue weighted by Gasteiger charge is 2.31. The fraction of sp³-hybridized carbons (Fsp3) is 0.462. The smallest absolute Gasteiger partial charge is 0.321 e. The van der Waals surface area contributed by atoms with Gasteiger partial charge in [-0.2, -0.15) is 0 Å². The van der Waals surface area contributed by atoms with Crippen LogP contribution in [0.5, 0.6) is 0 Å². The van der Waals surface area contributed by atoms with E-state index < -0.39 is 12.0 Å². The summed E-state index contributed by atoms with van der Waals surface area (Å²) in [5.74, 6) is -0.927. The SMILES string of the molecule is NC(CN(Cc1ccccc1)C1CC1)C(=O)O. The third kappa shape index (κ3) is 3.54. The lowest BCUT2D eigenvalue weighted by molar-refractivity contribution is -0.139. The Balaban J connectivity index is 1.96. The van der Waals surface area contributed by atoms with E-state index in [-0.39, 0.29) is 0 Å². The van der Waals surface area contributed by atoms with Crippen molar-refractivity contribution in [3.8, 4) is 0 Å². The summed E-state index contributed by atoms with van der Waals surface area (Å²) >= 11 is 0. The lowest BCUT2D eigenvalue weighted by atomic mass is 10.2. The number of nitrogens with two attached hydrogens (primary N) is 1. The second-order valence-electron chi connectivity index (χ2n) is 4.59. The number of hydrogen-bond donors (Lipinski definition) is 2. The van der Waals surface area contributed by atoms with Gasteiger partial charge in [0.2, 0.25) is 0 Å². The molecule has 1 atom stereocenters. The second-order valence-corrected chi connectivity index (χ2v) is 4.59. The molecule has 92 valence electrons. The van der Waals surface area contributed by atoms with Gasteiger partial charge in [0.15, 0.2) is 0 Å². The minimum Gasteiger partial charge on any atom is -0.480 e. The molecule has 0 heterocycles. The van der Waals surface area contributed by atoms with Crippen LogP contribution in [0.3, 0.4) is 0 Å². The van der Waals surface area contributed by atoms with Crippen molar-refractivity contribution in [1.82, 2.24) is 4.90 Å². The van der Waals surface area contributed by atoms with Crippen LogP contribution >= 0.6 is 0 Å². The summed E-state index contributed by atoms with van der Waals surface area (Å²) in [6, 6.07) is 9.81. The molecule has 0 aromatic heterocycles. The molecule has 0 spiro atoms. The Morgan fingerprint density at radius 3 is 2.59 bits per heavy atom. The van der Waals surface area contributed by atoms with Crippen molar-refractivity contribution in [2.45, 2.75) is 31.5 Å². The number of benzene rings is 1. The fourth-order valence-electron chi connectivity index (χ4n) is 1.93. The Hall–Kier alpha value is -1.39. The highest BCUT2D eigenvalue weighted by molar-refractivity contribution is 5.73. The molecular weight excluding hydrogens is 216 g/mol. The van der Waals surface area contributed by atoms with E-state index in [1.54, 1.807) is 0 Å². The van der Waals surface area contributed by atoms with E-state index in [9.17, 15) is 4.79 Å². The van der Waals surface area contributed by atoms with E-state index in [4.69, 9.17) is 10.8 Å². The van der Waals surface area contributed by atoms with Crippen LogP contribution in [0.2, 0.25) is 0 Å². The molecule has 1 aromatic rings. The number of carbonyl (C=O) groups is 1. The zero-order chi connectivity index (χ0) is 12.3. The molecule has 2 rings (SSSR count). The molecule has 1 unspecified atom stereocenters. The van der Waals surface area contributed by atoms with Crippen LogP contribution in [0.4, 0.5) is 0 Å². The topological polar surface area (TPSA) is 66.6 Å². The largest absolute Gasteiger partial charge is 0.480 e. The molecule has 4 heteroatoms. The van der Waals surface area contributed by atoms with Gasteiger partial charge >= 0.3 is 5.97 Å². The third-order valence-electron chi connectivity index (χ3n) is 3.04. The molecule has 4 nitrogen and oxygen atoms in total. The van der Waals surface area contributed by atoms with Crippen LogP contribution in [0.15, 0.2) is 30.3 Å². The number of hydrogen-bond acceptors (Lipinski definition) is 3. The van der Waals surface area contributed by atoms with E-state index >= 15 is 0 Å². The van der Waals surface area contributed by atoms with Crippen molar-refractivity contribution in [2.75, 3.05) is 6.54 Å². The summed E-state index contributed by atoms with van der Waals surface area (Å²) in [7, 11) is 0. The van der Waals surface area contributed by atoms with Crippen molar-refractivity contribution in [1.29, 1.82) is 0 Å². The minimum absolute atomic E-state index is 0.425. The number of rotatable bonds is 6. The van der Waals surface area contributed by atoms with Crippen molar-refractivity contribution < 1.29 is 9.90 Å². The number of carboxylic acid groups (broad SMARTS) is 1. The Bertz CT molecular complexity index is 376. The van der Waals surface area contributed by atoms with Crippen molar-refractivity contribution in [3.05, 3.63) is 35.9 Å². The quantitative estimate of drug-likeness (QED) is 0.772. The Morgan fingerprint density at radius 2 is 2.06 bits per heavy atom. The Morgan fingerprint density at radius 1 is 1.41 bits per heavy atom. The molecule has 17 heavy (non-hydrogen) atoms. The minimum atomic E-state index is -0.927. The van der Waals surface area contributed by atoms with Gasteiger partial charge in [0.1, 0.15) is 6.04 Å². The summed E-state index contributed by atoms with van der Waals surface area (Å²) in [4.78, 5) is 13.0. The van der Waals surface area contributed by atoms with E-state index in [0.29, 0.717) is 12.6 Å². The molecule has 0 amide bonds. The zero-order valence-electron chi connectivity index (χ0n) is 9.75. The van der Waals surface area contributed by atoms with Crippen LogP contribution in [-0.2, 0) is 11.3 Å². The first-order chi connectivity index (χ1) is 8.16. The number of aliphatic carboxylic acids is 1. The van der Waals surface area contributed by atoms with Crippen molar-refractivity contribution >= 4 is 5.97 Å². The third-order valence-corrected chi connectivity index (χ3v) is 3.04. The molecule has 0 saturated heterocycles. The maximum atomic E-state index is 10.8. The monoisotopic (exact) mass is 234 g/mol. The summed E-state index contributed by atoms with van der Waals surface area (Å²) in [6.45, 7) is 1.21. The van der Waals surface area contributed by atoms with Crippen LogP contribution in [-0.4, -0.2) is 34.6 Å². The van der Waals surface area contributed by atoms with Gasteiger partial charge in [-0.3, -0.25) is 9.69 Å². The molecule has 0 bridgehead atoms. The first-order valence-corrected chi connectivity index (χ1v) is 5.93. The fourth-order valence-corrected chi connectivity index (χ4v) is 1.93. The summed E-state index contributed by atoms with van der Waals surface area (Å²) < 4.78 is 0. The summed E-state index contributed by atoms with van der Waals surface area (Å²) in [5, 5.41) is 8.85. The van der Waals surface area contributed by atoms with Gasteiger partial charge in [0, 0.05) is 19.1 Å². The summed E-state index contributed by atoms with van der Waals surface area (Å²) in [5.41, 5.74) is 6.80. The predicted octanol–water partition coefficient (Wildman–Crippen LogP) is 1.06. The molecule has 1 saturated carbocycles. The van der Waals surface area contributed by atoms with Gasteiger partial charge in [-0.05, 0) is 18.4 Å². The molecule has 0 aliphatic heterocycles. The van der Waals surface area contributed by atoms with Crippen LogP contribution in [0, 0.1) is 0 Å². The molecule has 3 N–H and O–H groups in total. The Labute approximate surface area is 101 Å². The Kier molecular flexibility index (Phi) is 3.76. The highest BCUT2D eigenvalue weighted by atomic mass is 16.4. The maximum absolute atomic E-state index is 10.8. The molecule has 0 radical (unpaired) electrons. The average Bonchev–Trinajstić information content (AvgIpc) is 3.13. The molecule has 1 aliphatic rings. The van der Waals surface area contributed by atoms with E-state index in [1.807, 2.05) is 18.2 Å². The highest BCUT2D eigenvalue weighted by Crippen LogP contribution is 2.28. The maximum Gasteiger partial charge on any atom is 0.321 e. The number of carboxylic acids is 1. The molecule has 1 aliphatic carbocycles. The van der Waals surface area contributed by atoms with E-state index in [2.05, 4.69) is 17.0 Å². The van der Waals surface area contributed by atoms with E-state index in [1.165, 1.54) is 5.56 Å². The van der Waals surface area contributed by atoms with E-state index in [0.717, 1.165) is 19.4 Å².